The molecule has 0 heterocycles. The van der Waals surface area contributed by atoms with Gasteiger partial charge in [0.25, 0.3) is 0 Å². The van der Waals surface area contributed by atoms with Gasteiger partial charge >= 0.3 is 0 Å². The molecular weight excluding hydrogens is 637 g/mol. The molecule has 0 spiro atoms. The van der Waals surface area contributed by atoms with Gasteiger partial charge in [-0.05, 0) is 122 Å². The Labute approximate surface area is 309 Å². The van der Waals surface area contributed by atoms with Crippen molar-refractivity contribution in [1.82, 2.24) is 0 Å². The smallest absolute Gasteiger partial charge is 0.0159 e. The van der Waals surface area contributed by atoms with Crippen LogP contribution in [0.4, 0.5) is 0 Å². The standard InChI is InChI=1S/C53H36/c1-53(2)48-26-14-13-25-45(48)52-40-20-8-7-19-39(40)46(32-49(52)53)33-27-29-34(30-28-33)50-41-21-9-11-23-43(41)51(44-24-12-10-22-42(44)50)47-31-35-15-3-4-16-36(35)37-17-5-6-18-38(37)47/h3-32H,1-2H3. The van der Waals surface area contributed by atoms with E-state index in [0.717, 1.165) is 0 Å². The molecule has 0 saturated heterocycles. The highest BCUT2D eigenvalue weighted by Crippen LogP contribution is 2.53. The van der Waals surface area contributed by atoms with Crippen LogP contribution in [0.2, 0.25) is 0 Å². The molecule has 11 rings (SSSR count). The first-order chi connectivity index (χ1) is 26.1. The van der Waals surface area contributed by atoms with Crippen LogP contribution >= 0.6 is 0 Å². The van der Waals surface area contributed by atoms with Crippen molar-refractivity contribution in [2.24, 2.45) is 0 Å². The van der Waals surface area contributed by atoms with E-state index in [4.69, 9.17) is 0 Å². The second-order valence-electron chi connectivity index (χ2n) is 15.2. The lowest BCUT2D eigenvalue weighted by molar-refractivity contribution is 0.661. The summed E-state index contributed by atoms with van der Waals surface area (Å²) in [4.78, 5) is 0. The molecule has 1 aliphatic rings. The van der Waals surface area contributed by atoms with Crippen molar-refractivity contribution in [2.45, 2.75) is 19.3 Å². The zero-order valence-electron chi connectivity index (χ0n) is 29.8. The van der Waals surface area contributed by atoms with Crippen LogP contribution in [0.15, 0.2) is 182 Å². The molecular formula is C53H36. The van der Waals surface area contributed by atoms with Gasteiger partial charge in [-0.1, -0.05) is 184 Å². The third-order valence-electron chi connectivity index (χ3n) is 12.0. The van der Waals surface area contributed by atoms with E-state index in [9.17, 15) is 0 Å². The molecule has 0 radical (unpaired) electrons. The highest BCUT2D eigenvalue weighted by atomic mass is 14.4. The highest BCUT2D eigenvalue weighted by Gasteiger charge is 2.37. The van der Waals surface area contributed by atoms with Crippen LogP contribution in [0.5, 0.6) is 0 Å². The summed E-state index contributed by atoms with van der Waals surface area (Å²) in [5, 5.41) is 12.9. The highest BCUT2D eigenvalue weighted by molar-refractivity contribution is 6.25. The van der Waals surface area contributed by atoms with Gasteiger partial charge in [0.1, 0.15) is 0 Å². The number of rotatable bonds is 3. The maximum atomic E-state index is 2.47. The zero-order chi connectivity index (χ0) is 35.3. The molecule has 248 valence electrons. The molecule has 0 aliphatic heterocycles. The molecule has 0 atom stereocenters. The van der Waals surface area contributed by atoms with Gasteiger partial charge in [-0.2, -0.15) is 0 Å². The number of fused-ring (bicyclic) bond motifs is 10. The van der Waals surface area contributed by atoms with Gasteiger partial charge in [0.05, 0.1) is 0 Å². The summed E-state index contributed by atoms with van der Waals surface area (Å²) >= 11 is 0. The van der Waals surface area contributed by atoms with Crippen LogP contribution in [-0.2, 0) is 5.41 Å². The summed E-state index contributed by atoms with van der Waals surface area (Å²) in [7, 11) is 0. The molecule has 1 aliphatic carbocycles. The normalized spacial score (nSPS) is 13.2. The van der Waals surface area contributed by atoms with E-state index in [2.05, 4.69) is 196 Å². The maximum Gasteiger partial charge on any atom is 0.0159 e. The van der Waals surface area contributed by atoms with Crippen molar-refractivity contribution < 1.29 is 0 Å². The van der Waals surface area contributed by atoms with E-state index in [1.807, 2.05) is 0 Å². The quantitative estimate of drug-likeness (QED) is 0.129. The van der Waals surface area contributed by atoms with Crippen LogP contribution in [0.3, 0.4) is 0 Å². The van der Waals surface area contributed by atoms with Crippen molar-refractivity contribution in [3.8, 4) is 44.5 Å². The van der Waals surface area contributed by atoms with E-state index in [1.54, 1.807) is 0 Å². The minimum atomic E-state index is -0.0689. The van der Waals surface area contributed by atoms with Crippen LogP contribution in [0.1, 0.15) is 25.0 Å². The Hall–Kier alpha value is -6.50. The molecule has 0 N–H and O–H groups in total. The second-order valence-corrected chi connectivity index (χ2v) is 15.2. The average Bonchev–Trinajstić information content (AvgIpc) is 3.45. The van der Waals surface area contributed by atoms with Crippen LogP contribution in [-0.4, -0.2) is 0 Å². The molecule has 0 heteroatoms. The fourth-order valence-electron chi connectivity index (χ4n) is 9.60. The molecule has 0 nitrogen and oxygen atoms in total. The predicted molar refractivity (Wildman–Crippen MR) is 228 cm³/mol. The number of benzene rings is 10. The van der Waals surface area contributed by atoms with Gasteiger partial charge in [0.2, 0.25) is 0 Å². The predicted octanol–water partition coefficient (Wildman–Crippen LogP) is 14.8. The third-order valence-corrected chi connectivity index (χ3v) is 12.0. The molecule has 0 saturated carbocycles. The van der Waals surface area contributed by atoms with Gasteiger partial charge in [0.15, 0.2) is 0 Å². The monoisotopic (exact) mass is 672 g/mol. The Kier molecular flexibility index (Phi) is 6.40. The Morgan fingerprint density at radius 2 is 0.736 bits per heavy atom. The Bertz CT molecular complexity index is 3060. The van der Waals surface area contributed by atoms with E-state index in [1.165, 1.54) is 109 Å². The fourth-order valence-corrected chi connectivity index (χ4v) is 9.60. The van der Waals surface area contributed by atoms with Crippen LogP contribution < -0.4 is 0 Å². The molecule has 10 aromatic rings. The maximum absolute atomic E-state index is 2.47. The van der Waals surface area contributed by atoms with Gasteiger partial charge in [-0.25, -0.2) is 0 Å². The first-order valence-corrected chi connectivity index (χ1v) is 18.7. The zero-order valence-corrected chi connectivity index (χ0v) is 29.8. The van der Waals surface area contributed by atoms with Crippen molar-refractivity contribution in [1.29, 1.82) is 0 Å². The SMILES string of the molecule is CC1(C)c2ccccc2-c2c1cc(-c1ccc(-c3c4ccccc4c(-c4cc5ccccc5c5ccccc45)c4ccccc34)cc1)c1ccccc21. The third kappa shape index (κ3) is 4.30. The number of hydrogen-bond acceptors (Lipinski definition) is 0. The minimum Gasteiger partial charge on any atom is -0.0619 e. The van der Waals surface area contributed by atoms with E-state index < -0.39 is 0 Å². The van der Waals surface area contributed by atoms with E-state index in [0.29, 0.717) is 0 Å². The van der Waals surface area contributed by atoms with Crippen molar-refractivity contribution in [3.63, 3.8) is 0 Å². The van der Waals surface area contributed by atoms with Crippen molar-refractivity contribution >= 4 is 53.9 Å². The molecule has 0 unspecified atom stereocenters. The van der Waals surface area contributed by atoms with Gasteiger partial charge in [-0.15, -0.1) is 0 Å². The topological polar surface area (TPSA) is 0 Å². The lowest BCUT2D eigenvalue weighted by Gasteiger charge is -2.23. The fraction of sp³-hybridized carbons (Fsp3) is 0.0566. The second kappa shape index (κ2) is 11.2. The molecule has 0 aromatic heterocycles. The molecule has 0 bridgehead atoms. The minimum absolute atomic E-state index is 0.0689. The lowest BCUT2D eigenvalue weighted by Crippen LogP contribution is -2.15. The molecule has 0 fully saturated rings. The summed E-state index contributed by atoms with van der Waals surface area (Å²) in [5.74, 6) is 0. The Morgan fingerprint density at radius 1 is 0.283 bits per heavy atom. The summed E-state index contributed by atoms with van der Waals surface area (Å²) < 4.78 is 0. The van der Waals surface area contributed by atoms with Crippen molar-refractivity contribution in [2.75, 3.05) is 0 Å². The van der Waals surface area contributed by atoms with Gasteiger partial charge in [-0.3, -0.25) is 0 Å². The van der Waals surface area contributed by atoms with Gasteiger partial charge < -0.3 is 0 Å². The summed E-state index contributed by atoms with van der Waals surface area (Å²) in [6.07, 6.45) is 0. The Morgan fingerprint density at radius 3 is 1.38 bits per heavy atom. The molecule has 10 aromatic carbocycles. The van der Waals surface area contributed by atoms with E-state index >= 15 is 0 Å². The summed E-state index contributed by atoms with van der Waals surface area (Å²) in [6.45, 7) is 4.75. The first-order valence-electron chi connectivity index (χ1n) is 18.7. The average molecular weight is 673 g/mol. The first kappa shape index (κ1) is 30.2. The molecule has 0 amide bonds. The Balaban J connectivity index is 1.13. The van der Waals surface area contributed by atoms with Crippen LogP contribution in [0, 0.1) is 0 Å². The summed E-state index contributed by atoms with van der Waals surface area (Å²) in [6, 6.07) is 67.8. The van der Waals surface area contributed by atoms with E-state index in [-0.39, 0.29) is 5.41 Å². The van der Waals surface area contributed by atoms with Gasteiger partial charge in [0, 0.05) is 5.41 Å². The molecule has 53 heavy (non-hydrogen) atoms. The van der Waals surface area contributed by atoms with Crippen LogP contribution in [0.25, 0.3) is 98.4 Å². The lowest BCUT2D eigenvalue weighted by atomic mass is 9.80. The summed E-state index contributed by atoms with van der Waals surface area (Å²) in [5.41, 5.74) is 13.1. The number of hydrogen-bond donors (Lipinski definition) is 0. The van der Waals surface area contributed by atoms with Crippen molar-refractivity contribution in [3.05, 3.63) is 193 Å². The largest absolute Gasteiger partial charge is 0.0619 e.